The van der Waals surface area contributed by atoms with Crippen LogP contribution in [0, 0.1) is 5.92 Å². The van der Waals surface area contributed by atoms with E-state index in [0.29, 0.717) is 22.9 Å². The minimum atomic E-state index is 0.136. The second-order valence-corrected chi connectivity index (χ2v) is 6.02. The minimum absolute atomic E-state index is 0.136. The van der Waals surface area contributed by atoms with Crippen LogP contribution >= 0.6 is 0 Å². The van der Waals surface area contributed by atoms with Crippen LogP contribution in [0.2, 0.25) is 0 Å². The van der Waals surface area contributed by atoms with E-state index in [0.717, 1.165) is 25.9 Å². The second kappa shape index (κ2) is 7.63. The summed E-state index contributed by atoms with van der Waals surface area (Å²) in [5.41, 5.74) is 19.7. The summed E-state index contributed by atoms with van der Waals surface area (Å²) >= 11 is 0. The first kappa shape index (κ1) is 16.8. The van der Waals surface area contributed by atoms with Crippen molar-refractivity contribution in [2.24, 2.45) is 23.1 Å². The summed E-state index contributed by atoms with van der Waals surface area (Å²) in [5.74, 6) is 0.899. The van der Waals surface area contributed by atoms with E-state index in [1.54, 1.807) is 24.3 Å². The Bertz CT molecular complexity index is 630. The third-order valence-electron chi connectivity index (χ3n) is 3.99. The zero-order chi connectivity index (χ0) is 16.8. The summed E-state index contributed by atoms with van der Waals surface area (Å²) in [5, 5.41) is 9.94. The van der Waals surface area contributed by atoms with Gasteiger partial charge in [0.25, 0.3) is 0 Å². The van der Waals surface area contributed by atoms with E-state index in [-0.39, 0.29) is 11.6 Å². The predicted octanol–water partition coefficient (Wildman–Crippen LogP) is 2.07. The van der Waals surface area contributed by atoms with Gasteiger partial charge in [-0.25, -0.2) is 0 Å². The number of hydrogen-bond acceptors (Lipinski definition) is 5. The molecule has 2 rings (SSSR count). The highest BCUT2D eigenvalue weighted by Gasteiger charge is 2.16. The molecule has 0 saturated heterocycles. The van der Waals surface area contributed by atoms with Crippen LogP contribution < -0.4 is 17.2 Å². The minimum Gasteiger partial charge on any atom is -0.507 e. The third-order valence-corrected chi connectivity index (χ3v) is 3.99. The fourth-order valence-electron chi connectivity index (χ4n) is 2.74. The van der Waals surface area contributed by atoms with Gasteiger partial charge in [-0.15, -0.1) is 0 Å². The van der Waals surface area contributed by atoms with Gasteiger partial charge in [0, 0.05) is 24.4 Å². The maximum atomic E-state index is 9.94. The molecule has 1 atom stereocenters. The van der Waals surface area contributed by atoms with Crippen LogP contribution in [-0.2, 0) is 0 Å². The van der Waals surface area contributed by atoms with E-state index < -0.39 is 0 Å². The van der Waals surface area contributed by atoms with Gasteiger partial charge in [0.05, 0.1) is 5.70 Å². The van der Waals surface area contributed by atoms with Gasteiger partial charge in [-0.1, -0.05) is 31.2 Å². The van der Waals surface area contributed by atoms with Crippen LogP contribution in [0.1, 0.15) is 25.3 Å². The first-order valence-corrected chi connectivity index (χ1v) is 7.89. The van der Waals surface area contributed by atoms with Crippen molar-refractivity contribution in [3.63, 3.8) is 0 Å². The van der Waals surface area contributed by atoms with E-state index in [1.807, 2.05) is 6.07 Å². The van der Waals surface area contributed by atoms with Gasteiger partial charge in [0.15, 0.2) is 0 Å². The fourth-order valence-corrected chi connectivity index (χ4v) is 2.74. The molecule has 124 valence electrons. The zero-order valence-electron chi connectivity index (χ0n) is 13.6. The van der Waals surface area contributed by atoms with Crippen LogP contribution in [0.15, 0.2) is 54.0 Å². The highest BCUT2D eigenvalue weighted by atomic mass is 16.3. The topological polar surface area (TPSA) is 102 Å². The Balaban J connectivity index is 2.33. The van der Waals surface area contributed by atoms with Crippen molar-refractivity contribution in [3.05, 3.63) is 59.6 Å². The molecule has 0 radical (unpaired) electrons. The third kappa shape index (κ3) is 4.45. The fraction of sp³-hybridized carbons (Fsp3) is 0.333. The lowest BCUT2D eigenvalue weighted by molar-refractivity contribution is 0.310. The molecule has 1 aliphatic heterocycles. The zero-order valence-corrected chi connectivity index (χ0v) is 13.6. The Morgan fingerprint density at radius 3 is 2.65 bits per heavy atom. The largest absolute Gasteiger partial charge is 0.507 e. The molecule has 1 aromatic carbocycles. The highest BCUT2D eigenvalue weighted by Crippen LogP contribution is 2.24. The maximum Gasteiger partial charge on any atom is 0.124 e. The Morgan fingerprint density at radius 2 is 1.96 bits per heavy atom. The van der Waals surface area contributed by atoms with Crippen LogP contribution in [0.5, 0.6) is 5.75 Å². The van der Waals surface area contributed by atoms with Gasteiger partial charge in [-0.05, 0) is 37.0 Å². The molecular formula is C18H26N4O. The number of benzene rings is 1. The molecule has 5 heteroatoms. The highest BCUT2D eigenvalue weighted by molar-refractivity contribution is 5.69. The number of rotatable bonds is 3. The van der Waals surface area contributed by atoms with Gasteiger partial charge in [0.2, 0.25) is 0 Å². The molecule has 0 fully saturated rings. The lowest BCUT2D eigenvalue weighted by Crippen LogP contribution is -2.32. The predicted molar refractivity (Wildman–Crippen MR) is 94.8 cm³/mol. The number of para-hydroxylation sites is 1. The van der Waals surface area contributed by atoms with Gasteiger partial charge in [0.1, 0.15) is 11.6 Å². The van der Waals surface area contributed by atoms with Crippen molar-refractivity contribution in [2.45, 2.75) is 19.8 Å². The van der Waals surface area contributed by atoms with E-state index in [4.69, 9.17) is 17.2 Å². The molecule has 0 saturated carbocycles. The lowest BCUT2D eigenvalue weighted by Gasteiger charge is -2.29. The van der Waals surface area contributed by atoms with Crippen molar-refractivity contribution >= 4 is 5.70 Å². The number of allylic oxidation sites excluding steroid dienone is 2. The Hall–Kier alpha value is -2.56. The number of nitrogens with zero attached hydrogens (tertiary/aromatic N) is 1. The first-order chi connectivity index (χ1) is 11.0. The SMILES string of the molecule is C[C@H]1CC/C=C\CN(C(/C=C(\N)c2ccccc2O)=C(N)N)C1. The number of aromatic hydroxyl groups is 1. The van der Waals surface area contributed by atoms with E-state index in [9.17, 15) is 5.11 Å². The maximum absolute atomic E-state index is 9.94. The van der Waals surface area contributed by atoms with Gasteiger partial charge in [-0.3, -0.25) is 0 Å². The molecule has 7 N–H and O–H groups in total. The summed E-state index contributed by atoms with van der Waals surface area (Å²) in [6.45, 7) is 3.82. The average Bonchev–Trinajstić information content (AvgIpc) is 2.48. The Labute approximate surface area is 137 Å². The van der Waals surface area contributed by atoms with Crippen molar-refractivity contribution in [3.8, 4) is 5.75 Å². The molecule has 5 nitrogen and oxygen atoms in total. The van der Waals surface area contributed by atoms with Gasteiger partial charge < -0.3 is 27.2 Å². The molecule has 0 aromatic heterocycles. The van der Waals surface area contributed by atoms with Crippen LogP contribution in [-0.4, -0.2) is 23.1 Å². The number of phenols is 1. The summed E-state index contributed by atoms with van der Waals surface area (Å²) in [6.07, 6.45) is 8.28. The quantitative estimate of drug-likeness (QED) is 0.505. The summed E-state index contributed by atoms with van der Waals surface area (Å²) in [6, 6.07) is 6.95. The van der Waals surface area contributed by atoms with E-state index >= 15 is 0 Å². The van der Waals surface area contributed by atoms with Gasteiger partial charge in [-0.2, -0.15) is 0 Å². The Morgan fingerprint density at radius 1 is 1.22 bits per heavy atom. The average molecular weight is 314 g/mol. The standard InChI is InChI=1S/C18H26N4O/c1-13-7-3-2-6-10-22(12-13)16(18(20)21)11-15(19)14-8-4-5-9-17(14)23/h2,4-6,8-9,11,13,23H,3,7,10,12,19-21H2,1H3/b6-2-,15-11-/t13-/m0/s1. The smallest absolute Gasteiger partial charge is 0.124 e. The Kier molecular flexibility index (Phi) is 5.57. The molecule has 1 heterocycles. The summed E-state index contributed by atoms with van der Waals surface area (Å²) in [4.78, 5) is 2.13. The molecule has 0 unspecified atom stereocenters. The summed E-state index contributed by atoms with van der Waals surface area (Å²) in [7, 11) is 0. The number of hydrogen-bond donors (Lipinski definition) is 4. The molecular weight excluding hydrogens is 288 g/mol. The van der Waals surface area contributed by atoms with Crippen molar-refractivity contribution in [1.82, 2.24) is 4.90 Å². The van der Waals surface area contributed by atoms with E-state index in [1.165, 1.54) is 0 Å². The molecule has 0 aliphatic carbocycles. The van der Waals surface area contributed by atoms with Crippen LogP contribution in [0.25, 0.3) is 5.70 Å². The summed E-state index contributed by atoms with van der Waals surface area (Å²) < 4.78 is 0. The molecule has 0 bridgehead atoms. The van der Waals surface area contributed by atoms with Crippen molar-refractivity contribution in [2.75, 3.05) is 13.1 Å². The number of nitrogens with two attached hydrogens (primary N) is 3. The van der Waals surface area contributed by atoms with Crippen molar-refractivity contribution < 1.29 is 5.11 Å². The number of phenolic OH excluding ortho intramolecular Hbond substituents is 1. The molecule has 0 amide bonds. The molecule has 23 heavy (non-hydrogen) atoms. The van der Waals surface area contributed by atoms with E-state index in [2.05, 4.69) is 24.0 Å². The molecule has 1 aromatic rings. The first-order valence-electron chi connectivity index (χ1n) is 7.89. The van der Waals surface area contributed by atoms with Crippen LogP contribution in [0.3, 0.4) is 0 Å². The molecule has 1 aliphatic rings. The van der Waals surface area contributed by atoms with Crippen LogP contribution in [0.4, 0.5) is 0 Å². The normalized spacial score (nSPS) is 20.5. The monoisotopic (exact) mass is 314 g/mol. The lowest BCUT2D eigenvalue weighted by atomic mass is 10.0. The van der Waals surface area contributed by atoms with Gasteiger partial charge >= 0.3 is 0 Å². The second-order valence-electron chi connectivity index (χ2n) is 6.02. The van der Waals surface area contributed by atoms with Crippen molar-refractivity contribution in [1.29, 1.82) is 0 Å². The molecule has 0 spiro atoms.